The molecule has 32 heavy (non-hydrogen) atoms. The van der Waals surface area contributed by atoms with Crippen molar-refractivity contribution in [2.24, 2.45) is 0 Å². The van der Waals surface area contributed by atoms with Crippen LogP contribution in [0.2, 0.25) is 0 Å². The minimum atomic E-state index is -1.04. The van der Waals surface area contributed by atoms with E-state index < -0.39 is 23.1 Å². The van der Waals surface area contributed by atoms with Crippen LogP contribution in [0.25, 0.3) is 21.8 Å². The van der Waals surface area contributed by atoms with Crippen molar-refractivity contribution in [3.63, 3.8) is 0 Å². The lowest BCUT2D eigenvalue weighted by Crippen LogP contribution is -2.16. The third-order valence-corrected chi connectivity index (χ3v) is 6.10. The Labute approximate surface area is 187 Å². The second-order valence-corrected chi connectivity index (χ2v) is 8.17. The van der Waals surface area contributed by atoms with Crippen molar-refractivity contribution in [2.45, 2.75) is 33.1 Å². The average Bonchev–Trinajstić information content (AvgIpc) is 3.35. The average molecular weight is 455 g/mol. The summed E-state index contributed by atoms with van der Waals surface area (Å²) < 4.78 is 33.2. The Morgan fingerprint density at radius 1 is 1.28 bits per heavy atom. The number of anilines is 1. The molecule has 0 radical (unpaired) electrons. The van der Waals surface area contributed by atoms with Gasteiger partial charge in [0.25, 0.3) is 5.91 Å². The molecule has 3 aromatic rings. The van der Waals surface area contributed by atoms with E-state index in [4.69, 9.17) is 4.52 Å². The molecule has 1 amide bonds. The molecule has 2 heterocycles. The Balaban J connectivity index is 1.67. The van der Waals surface area contributed by atoms with Gasteiger partial charge >= 0.3 is 0 Å². The van der Waals surface area contributed by atoms with Crippen molar-refractivity contribution >= 4 is 22.4 Å². The zero-order valence-corrected chi connectivity index (χ0v) is 18.4. The maximum Gasteiger partial charge on any atom is 0.263 e. The van der Waals surface area contributed by atoms with Gasteiger partial charge in [0, 0.05) is 12.5 Å². The quantitative estimate of drug-likeness (QED) is 0.385. The molecule has 1 aliphatic rings. The fourth-order valence-corrected chi connectivity index (χ4v) is 4.61. The van der Waals surface area contributed by atoms with E-state index in [1.165, 1.54) is 18.3 Å². The monoisotopic (exact) mass is 454 g/mol. The van der Waals surface area contributed by atoms with Crippen LogP contribution in [0.15, 0.2) is 58.7 Å². The number of aromatic nitrogens is 3. The summed E-state index contributed by atoms with van der Waals surface area (Å²) in [5.74, 6) is -1.89. The molecule has 164 valence electrons. The van der Waals surface area contributed by atoms with Crippen molar-refractivity contribution in [2.75, 3.05) is 5.32 Å². The van der Waals surface area contributed by atoms with Gasteiger partial charge in [-0.1, -0.05) is 41.3 Å². The predicted molar refractivity (Wildman–Crippen MR) is 119 cm³/mol. The topological polar surface area (TPSA) is 80.9 Å². The number of benzene rings is 1. The summed E-state index contributed by atoms with van der Waals surface area (Å²) in [6, 6.07) is 5.93. The highest BCUT2D eigenvalue weighted by atomic mass is 32.1. The molecule has 0 saturated carbocycles. The Bertz CT molecular complexity index is 1270. The number of amides is 1. The number of thiazole rings is 1. The van der Waals surface area contributed by atoms with Gasteiger partial charge in [-0.05, 0) is 49.5 Å². The van der Waals surface area contributed by atoms with Crippen molar-refractivity contribution in [3.8, 4) is 21.8 Å². The molecular weight excluding hydrogens is 434 g/mol. The number of hydrogen-bond donors (Lipinski definition) is 1. The van der Waals surface area contributed by atoms with Gasteiger partial charge in [0.1, 0.15) is 17.2 Å². The van der Waals surface area contributed by atoms with Crippen molar-refractivity contribution in [3.05, 3.63) is 71.3 Å². The molecule has 0 saturated heterocycles. The second-order valence-electron chi connectivity index (χ2n) is 7.18. The van der Waals surface area contributed by atoms with Crippen LogP contribution < -0.4 is 5.32 Å². The summed E-state index contributed by atoms with van der Waals surface area (Å²) in [5, 5.41) is 6.79. The number of allylic oxidation sites excluding steroid dienone is 3. The van der Waals surface area contributed by atoms with Crippen LogP contribution in [-0.2, 0) is 17.6 Å². The summed E-state index contributed by atoms with van der Waals surface area (Å²) in [6.07, 6.45) is 4.27. The molecule has 4 rings (SSSR count). The van der Waals surface area contributed by atoms with Gasteiger partial charge in [-0.25, -0.2) is 13.8 Å². The van der Waals surface area contributed by atoms with Crippen LogP contribution in [0, 0.1) is 6.92 Å². The smallest absolute Gasteiger partial charge is 0.263 e. The molecule has 1 N–H and O–H groups in total. The van der Waals surface area contributed by atoms with Crippen molar-refractivity contribution < 1.29 is 18.1 Å². The highest BCUT2D eigenvalue weighted by Gasteiger charge is 2.24. The van der Waals surface area contributed by atoms with E-state index in [-0.39, 0.29) is 5.13 Å². The van der Waals surface area contributed by atoms with E-state index >= 15 is 0 Å². The number of halogens is 2. The van der Waals surface area contributed by atoms with Crippen LogP contribution in [0.1, 0.15) is 30.5 Å². The zero-order chi connectivity index (χ0) is 22.8. The highest BCUT2D eigenvalue weighted by molar-refractivity contribution is 7.19. The molecule has 0 unspecified atom stereocenters. The van der Waals surface area contributed by atoms with E-state index in [0.29, 0.717) is 11.7 Å². The minimum Gasteiger partial charge on any atom is -0.339 e. The Morgan fingerprint density at radius 3 is 2.78 bits per heavy atom. The molecule has 2 aromatic heterocycles. The molecule has 0 atom stereocenters. The summed E-state index contributed by atoms with van der Waals surface area (Å²) in [5.41, 5.74) is 3.12. The second kappa shape index (κ2) is 8.96. The lowest BCUT2D eigenvalue weighted by molar-refractivity contribution is -0.112. The Morgan fingerprint density at radius 2 is 2.09 bits per heavy atom. The van der Waals surface area contributed by atoms with Gasteiger partial charge in [-0.2, -0.15) is 4.98 Å². The fourth-order valence-electron chi connectivity index (χ4n) is 3.55. The fraction of sp³-hybridized carbons (Fsp3) is 0.217. The Kier molecular flexibility index (Phi) is 6.09. The number of aryl methyl sites for hydroxylation is 3. The molecule has 0 aliphatic heterocycles. The number of rotatable bonds is 5. The van der Waals surface area contributed by atoms with Crippen LogP contribution in [-0.4, -0.2) is 21.0 Å². The molecule has 9 heteroatoms. The first-order valence-corrected chi connectivity index (χ1v) is 10.8. The largest absolute Gasteiger partial charge is 0.339 e. The molecule has 0 bridgehead atoms. The number of nitrogens with zero attached hydrogens (tertiary/aromatic N) is 3. The number of carbonyl (C=O) groups excluding carboxylic acids is 1. The molecule has 1 aromatic carbocycles. The maximum absolute atomic E-state index is 14.1. The summed E-state index contributed by atoms with van der Waals surface area (Å²) in [6.45, 7) is 6.39. The van der Waals surface area contributed by atoms with Crippen LogP contribution in [0.3, 0.4) is 0 Å². The van der Waals surface area contributed by atoms with Crippen molar-refractivity contribution in [1.29, 1.82) is 0 Å². The van der Waals surface area contributed by atoms with E-state index in [2.05, 4.69) is 27.0 Å². The van der Waals surface area contributed by atoms with Crippen molar-refractivity contribution in [1.82, 2.24) is 15.1 Å². The number of fused-ring (bicyclic) bond motifs is 3. The zero-order valence-electron chi connectivity index (χ0n) is 17.5. The van der Waals surface area contributed by atoms with E-state index in [9.17, 15) is 13.6 Å². The first-order valence-electron chi connectivity index (χ1n) is 10.0. The van der Waals surface area contributed by atoms with Crippen LogP contribution >= 0.6 is 11.3 Å². The van der Waals surface area contributed by atoms with Gasteiger partial charge in [0.2, 0.25) is 11.7 Å². The van der Waals surface area contributed by atoms with Gasteiger partial charge in [-0.15, -0.1) is 0 Å². The van der Waals surface area contributed by atoms with E-state index in [1.54, 1.807) is 6.92 Å². The first kappa shape index (κ1) is 21.8. The minimum absolute atomic E-state index is 0.281. The third-order valence-electron chi connectivity index (χ3n) is 5.05. The van der Waals surface area contributed by atoms with E-state index in [0.717, 1.165) is 58.7 Å². The lowest BCUT2D eigenvalue weighted by Gasteiger charge is -2.07. The summed E-state index contributed by atoms with van der Waals surface area (Å²) in [7, 11) is 0. The molecule has 0 spiro atoms. The molecule has 6 nitrogen and oxygen atoms in total. The normalized spacial score (nSPS) is 14.2. The first-order chi connectivity index (χ1) is 15.4. The maximum atomic E-state index is 14.1. The SMILES string of the molecule is C=C/C(F)=C(C(=O)Nc1nc2c(s1)-c1ccc(-c3noc(C)n3)cc1CCC2)\C(F)=C/C. The summed E-state index contributed by atoms with van der Waals surface area (Å²) >= 11 is 1.28. The van der Waals surface area contributed by atoms with Crippen LogP contribution in [0.4, 0.5) is 13.9 Å². The molecular formula is C23H20F2N4O2S. The van der Waals surface area contributed by atoms with Gasteiger partial charge in [-0.3, -0.25) is 10.1 Å². The predicted octanol–water partition coefficient (Wildman–Crippen LogP) is 5.88. The van der Waals surface area contributed by atoms with Gasteiger partial charge < -0.3 is 4.52 Å². The van der Waals surface area contributed by atoms with Crippen LogP contribution in [0.5, 0.6) is 0 Å². The summed E-state index contributed by atoms with van der Waals surface area (Å²) in [4.78, 5) is 22.3. The third kappa shape index (κ3) is 4.16. The lowest BCUT2D eigenvalue weighted by atomic mass is 10.0. The van der Waals surface area contributed by atoms with Gasteiger partial charge in [0.15, 0.2) is 5.13 Å². The number of nitrogens with one attached hydrogen (secondary N) is 1. The molecule has 0 fully saturated rings. The highest BCUT2D eigenvalue weighted by Crippen LogP contribution is 2.40. The number of hydrogen-bond acceptors (Lipinski definition) is 6. The van der Waals surface area contributed by atoms with Gasteiger partial charge in [0.05, 0.1) is 10.6 Å². The van der Waals surface area contributed by atoms with E-state index in [1.807, 2.05) is 18.2 Å². The standard InChI is InChI=1S/C23H20F2N4O2S/c1-4-16(24)19(17(25)5-2)22(30)28-23-27-18-8-6-7-13-11-14(21-26-12(3)31-29-21)9-10-15(13)20(18)32-23/h4-5,9-11H,1,6-8H2,2-3H3,(H,27,28,30)/b17-5+,19-16-. The Hall–Kier alpha value is -3.46. The molecule has 1 aliphatic carbocycles. The number of carbonyl (C=O) groups is 1.